The number of alkyl halides is 1. The SMILES string of the molecule is C#CC(O)C(O)CCl. The van der Waals surface area contributed by atoms with Gasteiger partial charge >= 0.3 is 0 Å². The minimum Gasteiger partial charge on any atom is -0.388 e. The number of rotatable bonds is 2. The van der Waals surface area contributed by atoms with Crippen molar-refractivity contribution < 1.29 is 10.2 Å². The molecule has 0 saturated carbocycles. The Kier molecular flexibility index (Phi) is 3.63. The first-order valence-corrected chi connectivity index (χ1v) is 2.64. The normalized spacial score (nSPS) is 16.8. The first-order valence-electron chi connectivity index (χ1n) is 2.10. The molecule has 2 nitrogen and oxygen atoms in total. The number of halogens is 1. The monoisotopic (exact) mass is 134 g/mol. The van der Waals surface area contributed by atoms with Crippen LogP contribution in [0.3, 0.4) is 0 Å². The van der Waals surface area contributed by atoms with Crippen LogP contribution in [0.2, 0.25) is 0 Å². The maximum absolute atomic E-state index is 8.60. The molecule has 2 unspecified atom stereocenters. The Balaban J connectivity index is 3.49. The Labute approximate surface area is 53.1 Å². The van der Waals surface area contributed by atoms with Crippen LogP contribution in [-0.2, 0) is 0 Å². The molecule has 0 aliphatic heterocycles. The summed E-state index contributed by atoms with van der Waals surface area (Å²) in [6.07, 6.45) is 2.60. The summed E-state index contributed by atoms with van der Waals surface area (Å²) >= 11 is 5.12. The number of hydrogen-bond acceptors (Lipinski definition) is 2. The molecule has 0 fully saturated rings. The molecule has 2 atom stereocenters. The summed E-state index contributed by atoms with van der Waals surface area (Å²) in [7, 11) is 0. The van der Waals surface area contributed by atoms with Gasteiger partial charge in [-0.2, -0.15) is 0 Å². The van der Waals surface area contributed by atoms with E-state index >= 15 is 0 Å². The molecule has 0 bridgehead atoms. The van der Waals surface area contributed by atoms with Gasteiger partial charge in [0.15, 0.2) is 0 Å². The van der Waals surface area contributed by atoms with Crippen molar-refractivity contribution in [1.29, 1.82) is 0 Å². The molecular formula is C5H7ClO2. The smallest absolute Gasteiger partial charge is 0.141 e. The van der Waals surface area contributed by atoms with Gasteiger partial charge in [0.1, 0.15) is 12.2 Å². The van der Waals surface area contributed by atoms with E-state index in [2.05, 4.69) is 0 Å². The first-order chi connectivity index (χ1) is 3.72. The molecule has 0 radical (unpaired) electrons. The average molecular weight is 135 g/mol. The fourth-order valence-electron chi connectivity index (χ4n) is 0.195. The van der Waals surface area contributed by atoms with E-state index in [4.69, 9.17) is 28.2 Å². The fraction of sp³-hybridized carbons (Fsp3) is 0.600. The Bertz CT molecular complexity index is 97.1. The largest absolute Gasteiger partial charge is 0.388 e. The second-order valence-corrected chi connectivity index (χ2v) is 1.64. The first kappa shape index (κ1) is 7.77. The third-order valence-corrected chi connectivity index (χ3v) is 1.01. The summed E-state index contributed by atoms with van der Waals surface area (Å²) < 4.78 is 0. The van der Waals surface area contributed by atoms with Gasteiger partial charge in [-0.1, -0.05) is 5.92 Å². The number of terminal acetylenes is 1. The van der Waals surface area contributed by atoms with Gasteiger partial charge in [0.2, 0.25) is 0 Å². The number of aliphatic hydroxyl groups excluding tert-OH is 2. The van der Waals surface area contributed by atoms with Gasteiger partial charge in [-0.15, -0.1) is 18.0 Å². The minimum absolute atomic E-state index is 0.0363. The molecule has 2 N–H and O–H groups in total. The van der Waals surface area contributed by atoms with Crippen molar-refractivity contribution in [2.24, 2.45) is 0 Å². The number of hydrogen-bond donors (Lipinski definition) is 2. The molecular weight excluding hydrogens is 128 g/mol. The van der Waals surface area contributed by atoms with Crippen LogP contribution >= 0.6 is 11.6 Å². The van der Waals surface area contributed by atoms with E-state index in [0.717, 1.165) is 0 Å². The molecule has 0 saturated heterocycles. The lowest BCUT2D eigenvalue weighted by Crippen LogP contribution is -2.25. The summed E-state index contributed by atoms with van der Waals surface area (Å²) in [6, 6.07) is 0. The zero-order chi connectivity index (χ0) is 6.57. The van der Waals surface area contributed by atoms with Crippen LogP contribution in [-0.4, -0.2) is 28.3 Å². The maximum atomic E-state index is 8.60. The fourth-order valence-corrected chi connectivity index (χ4v) is 0.364. The zero-order valence-corrected chi connectivity index (χ0v) is 4.97. The Morgan fingerprint density at radius 3 is 2.25 bits per heavy atom. The van der Waals surface area contributed by atoms with Crippen molar-refractivity contribution in [2.45, 2.75) is 12.2 Å². The van der Waals surface area contributed by atoms with Crippen molar-refractivity contribution in [3.05, 3.63) is 0 Å². The van der Waals surface area contributed by atoms with Crippen LogP contribution in [0.25, 0.3) is 0 Å². The van der Waals surface area contributed by atoms with Gasteiger partial charge in [0, 0.05) is 0 Å². The summed E-state index contributed by atoms with van der Waals surface area (Å²) in [5.41, 5.74) is 0. The van der Waals surface area contributed by atoms with Crippen molar-refractivity contribution in [1.82, 2.24) is 0 Å². The topological polar surface area (TPSA) is 40.5 Å². The predicted octanol–water partition coefficient (Wildman–Crippen LogP) is -0.420. The summed E-state index contributed by atoms with van der Waals surface area (Å²) in [4.78, 5) is 0. The van der Waals surface area contributed by atoms with Crippen molar-refractivity contribution in [2.75, 3.05) is 5.88 Å². The lowest BCUT2D eigenvalue weighted by Gasteiger charge is -2.06. The van der Waals surface area contributed by atoms with Crippen LogP contribution in [0, 0.1) is 12.3 Å². The third-order valence-electron chi connectivity index (χ3n) is 0.693. The predicted molar refractivity (Wildman–Crippen MR) is 31.6 cm³/mol. The van der Waals surface area contributed by atoms with Gasteiger partial charge in [-0.25, -0.2) is 0 Å². The van der Waals surface area contributed by atoms with Gasteiger partial charge in [-0.3, -0.25) is 0 Å². The third kappa shape index (κ3) is 2.17. The molecule has 8 heavy (non-hydrogen) atoms. The van der Waals surface area contributed by atoms with Crippen LogP contribution < -0.4 is 0 Å². The standard InChI is InChI=1S/C5H7ClO2/c1-2-4(7)5(8)3-6/h1,4-5,7-8H,3H2. The highest BCUT2D eigenvalue weighted by molar-refractivity contribution is 6.18. The van der Waals surface area contributed by atoms with E-state index in [1.165, 1.54) is 0 Å². The van der Waals surface area contributed by atoms with Gasteiger partial charge in [0.05, 0.1) is 5.88 Å². The lowest BCUT2D eigenvalue weighted by atomic mass is 10.2. The highest BCUT2D eigenvalue weighted by Crippen LogP contribution is 1.92. The van der Waals surface area contributed by atoms with Crippen LogP contribution in [0.4, 0.5) is 0 Å². The van der Waals surface area contributed by atoms with Crippen molar-refractivity contribution in [3.63, 3.8) is 0 Å². The van der Waals surface area contributed by atoms with E-state index < -0.39 is 12.2 Å². The molecule has 0 aromatic heterocycles. The van der Waals surface area contributed by atoms with Gasteiger partial charge in [-0.05, 0) is 0 Å². The molecule has 3 heteroatoms. The molecule has 46 valence electrons. The second-order valence-electron chi connectivity index (χ2n) is 1.33. The molecule has 0 aliphatic rings. The Morgan fingerprint density at radius 2 is 2.12 bits per heavy atom. The quantitative estimate of drug-likeness (QED) is 0.398. The molecule has 0 amide bonds. The Morgan fingerprint density at radius 1 is 1.62 bits per heavy atom. The second kappa shape index (κ2) is 3.73. The van der Waals surface area contributed by atoms with E-state index in [0.29, 0.717) is 0 Å². The maximum Gasteiger partial charge on any atom is 0.141 e. The summed E-state index contributed by atoms with van der Waals surface area (Å²) in [5, 5.41) is 17.2. The zero-order valence-electron chi connectivity index (χ0n) is 4.21. The van der Waals surface area contributed by atoms with E-state index in [9.17, 15) is 0 Å². The van der Waals surface area contributed by atoms with Crippen LogP contribution in [0.5, 0.6) is 0 Å². The van der Waals surface area contributed by atoms with E-state index in [1.807, 2.05) is 5.92 Å². The van der Waals surface area contributed by atoms with Crippen LogP contribution in [0.15, 0.2) is 0 Å². The molecule has 0 aromatic rings. The highest BCUT2D eigenvalue weighted by atomic mass is 35.5. The van der Waals surface area contributed by atoms with Gasteiger partial charge < -0.3 is 10.2 Å². The van der Waals surface area contributed by atoms with E-state index in [-0.39, 0.29) is 5.88 Å². The average Bonchev–Trinajstić information content (AvgIpc) is 1.84. The van der Waals surface area contributed by atoms with E-state index in [1.54, 1.807) is 0 Å². The Hall–Kier alpha value is -0.230. The highest BCUT2D eigenvalue weighted by Gasteiger charge is 2.09. The molecule has 0 rings (SSSR count). The molecule has 0 aliphatic carbocycles. The van der Waals surface area contributed by atoms with Crippen molar-refractivity contribution in [3.8, 4) is 12.3 Å². The van der Waals surface area contributed by atoms with Crippen LogP contribution in [0.1, 0.15) is 0 Å². The molecule has 0 aromatic carbocycles. The molecule has 0 heterocycles. The minimum atomic E-state index is -1.13. The summed E-state index contributed by atoms with van der Waals surface area (Å²) in [6.45, 7) is 0. The molecule has 0 spiro atoms. The van der Waals surface area contributed by atoms with Gasteiger partial charge in [0.25, 0.3) is 0 Å². The lowest BCUT2D eigenvalue weighted by molar-refractivity contribution is 0.0702. The summed E-state index contributed by atoms with van der Waals surface area (Å²) in [5.74, 6) is 1.90. The van der Waals surface area contributed by atoms with Crippen molar-refractivity contribution >= 4 is 11.6 Å². The number of aliphatic hydroxyl groups is 2.